The molecule has 12 heavy (non-hydrogen) atoms. The molecule has 0 spiro atoms. The quantitative estimate of drug-likeness (QED) is 0.600. The van der Waals surface area contributed by atoms with Crippen LogP contribution in [0.25, 0.3) is 0 Å². The summed E-state index contributed by atoms with van der Waals surface area (Å²) < 4.78 is 23.4. The molecule has 1 aliphatic rings. The van der Waals surface area contributed by atoms with Gasteiger partial charge >= 0.3 is 0 Å². The number of nitrogens with one attached hydrogen (secondary N) is 1. The van der Waals surface area contributed by atoms with Gasteiger partial charge in [-0.2, -0.15) is 4.31 Å². The Morgan fingerprint density at radius 1 is 1.58 bits per heavy atom. The van der Waals surface area contributed by atoms with Crippen LogP contribution in [0, 0.1) is 0 Å². The minimum Gasteiger partial charge on any atom is -0.354 e. The number of amides is 1. The van der Waals surface area contributed by atoms with Crippen LogP contribution in [-0.2, 0) is 14.8 Å². The Hall–Kier alpha value is -0.880. The maximum atomic E-state index is 11.1. The summed E-state index contributed by atoms with van der Waals surface area (Å²) in [6.45, 7) is 3.75. The second-order valence-electron chi connectivity index (χ2n) is 2.40. The van der Waals surface area contributed by atoms with Gasteiger partial charge in [0.2, 0.25) is 15.9 Å². The van der Waals surface area contributed by atoms with Crippen LogP contribution in [0.5, 0.6) is 0 Å². The number of sulfonamides is 1. The van der Waals surface area contributed by atoms with E-state index in [-0.39, 0.29) is 12.5 Å². The van der Waals surface area contributed by atoms with Crippen molar-refractivity contribution in [3.05, 3.63) is 12.0 Å². The molecule has 0 bridgehead atoms. The second-order valence-corrected chi connectivity index (χ2v) is 4.27. The lowest BCUT2D eigenvalue weighted by molar-refractivity contribution is -0.122. The predicted molar refractivity (Wildman–Crippen MR) is 43.7 cm³/mol. The highest BCUT2D eigenvalue weighted by atomic mass is 32.2. The molecule has 0 saturated carbocycles. The van der Waals surface area contributed by atoms with Gasteiger partial charge in [-0.15, -0.1) is 0 Å². The SMILES string of the molecule is C=CS(=O)(=O)N1CCNC(=O)C1. The van der Waals surface area contributed by atoms with E-state index in [2.05, 4.69) is 11.9 Å². The summed E-state index contributed by atoms with van der Waals surface area (Å²) in [5, 5.41) is 3.38. The molecular weight excluding hydrogens is 180 g/mol. The number of hydrogen-bond donors (Lipinski definition) is 1. The summed E-state index contributed by atoms with van der Waals surface area (Å²) in [5.74, 6) is -0.272. The Labute approximate surface area is 71.1 Å². The Kier molecular flexibility index (Phi) is 2.49. The highest BCUT2D eigenvalue weighted by Crippen LogP contribution is 2.03. The van der Waals surface area contributed by atoms with Crippen molar-refractivity contribution in [3.63, 3.8) is 0 Å². The van der Waals surface area contributed by atoms with Crippen LogP contribution in [0.15, 0.2) is 12.0 Å². The third-order valence-electron chi connectivity index (χ3n) is 1.57. The fourth-order valence-electron chi connectivity index (χ4n) is 0.938. The van der Waals surface area contributed by atoms with Crippen LogP contribution in [-0.4, -0.2) is 38.3 Å². The lowest BCUT2D eigenvalue weighted by atomic mass is 10.4. The molecular formula is C6H10N2O3S. The van der Waals surface area contributed by atoms with Gasteiger partial charge in [-0.05, 0) is 0 Å². The van der Waals surface area contributed by atoms with Crippen LogP contribution in [0.4, 0.5) is 0 Å². The first-order chi connectivity index (χ1) is 5.56. The Morgan fingerprint density at radius 2 is 2.25 bits per heavy atom. The van der Waals surface area contributed by atoms with Gasteiger partial charge in [0.1, 0.15) is 0 Å². The normalized spacial score (nSPS) is 20.2. The number of rotatable bonds is 2. The minimum atomic E-state index is -3.42. The molecule has 0 aromatic heterocycles. The van der Waals surface area contributed by atoms with Crippen molar-refractivity contribution in [1.29, 1.82) is 0 Å². The molecule has 1 N–H and O–H groups in total. The third kappa shape index (κ3) is 1.83. The summed E-state index contributed by atoms with van der Waals surface area (Å²) in [4.78, 5) is 10.8. The van der Waals surface area contributed by atoms with Crippen molar-refractivity contribution in [2.75, 3.05) is 19.6 Å². The van der Waals surface area contributed by atoms with Gasteiger partial charge in [0, 0.05) is 18.5 Å². The van der Waals surface area contributed by atoms with Crippen molar-refractivity contribution >= 4 is 15.9 Å². The van der Waals surface area contributed by atoms with Gasteiger partial charge < -0.3 is 5.32 Å². The Balaban J connectivity index is 2.76. The topological polar surface area (TPSA) is 66.5 Å². The van der Waals surface area contributed by atoms with E-state index in [0.717, 1.165) is 9.71 Å². The minimum absolute atomic E-state index is 0.103. The molecule has 6 heteroatoms. The number of carbonyl (C=O) groups excluding carboxylic acids is 1. The molecule has 0 radical (unpaired) electrons. The fourth-order valence-corrected chi connectivity index (χ4v) is 1.79. The molecule has 1 saturated heterocycles. The molecule has 0 aliphatic carbocycles. The first-order valence-electron chi connectivity index (χ1n) is 3.45. The first kappa shape index (κ1) is 9.21. The zero-order valence-electron chi connectivity index (χ0n) is 6.49. The smallest absolute Gasteiger partial charge is 0.236 e. The van der Waals surface area contributed by atoms with Gasteiger partial charge in [-0.1, -0.05) is 6.58 Å². The van der Waals surface area contributed by atoms with Gasteiger partial charge in [-0.3, -0.25) is 4.79 Å². The molecule has 0 aromatic carbocycles. The number of hydrogen-bond acceptors (Lipinski definition) is 3. The third-order valence-corrected chi connectivity index (χ3v) is 3.03. The largest absolute Gasteiger partial charge is 0.354 e. The van der Waals surface area contributed by atoms with E-state index in [1.165, 1.54) is 0 Å². The molecule has 1 fully saturated rings. The summed E-state index contributed by atoms with van der Waals surface area (Å²) >= 11 is 0. The lowest BCUT2D eigenvalue weighted by Gasteiger charge is -2.24. The highest BCUT2D eigenvalue weighted by Gasteiger charge is 2.24. The molecule has 1 amide bonds. The van der Waals surface area contributed by atoms with Crippen LogP contribution >= 0.6 is 0 Å². The molecule has 5 nitrogen and oxygen atoms in total. The van der Waals surface area contributed by atoms with Crippen molar-refractivity contribution in [3.8, 4) is 0 Å². The van der Waals surface area contributed by atoms with Crippen molar-refractivity contribution in [2.24, 2.45) is 0 Å². The molecule has 0 unspecified atom stereocenters. The Bertz CT molecular complexity index is 296. The van der Waals surface area contributed by atoms with E-state index in [1.54, 1.807) is 0 Å². The maximum Gasteiger partial charge on any atom is 0.236 e. The van der Waals surface area contributed by atoms with Crippen LogP contribution in [0.2, 0.25) is 0 Å². The summed E-state index contributed by atoms with van der Waals surface area (Å²) in [6.07, 6.45) is 0. The van der Waals surface area contributed by atoms with E-state index in [4.69, 9.17) is 0 Å². The fraction of sp³-hybridized carbons (Fsp3) is 0.500. The van der Waals surface area contributed by atoms with Gasteiger partial charge in [-0.25, -0.2) is 8.42 Å². The first-order valence-corrected chi connectivity index (χ1v) is 4.96. The molecule has 68 valence electrons. The number of nitrogens with zero attached hydrogens (tertiary/aromatic N) is 1. The monoisotopic (exact) mass is 190 g/mol. The van der Waals surface area contributed by atoms with E-state index in [1.807, 2.05) is 0 Å². The average Bonchev–Trinajstić information content (AvgIpc) is 2.05. The lowest BCUT2D eigenvalue weighted by Crippen LogP contribution is -2.49. The maximum absolute atomic E-state index is 11.1. The van der Waals surface area contributed by atoms with E-state index >= 15 is 0 Å². The van der Waals surface area contributed by atoms with E-state index in [9.17, 15) is 13.2 Å². The van der Waals surface area contributed by atoms with Crippen molar-refractivity contribution in [2.45, 2.75) is 0 Å². The molecule has 1 heterocycles. The van der Waals surface area contributed by atoms with Crippen molar-refractivity contribution < 1.29 is 13.2 Å². The van der Waals surface area contributed by atoms with Gasteiger partial charge in [0.15, 0.2) is 0 Å². The number of carbonyl (C=O) groups is 1. The van der Waals surface area contributed by atoms with E-state index in [0.29, 0.717) is 13.1 Å². The molecule has 1 rings (SSSR count). The number of piperazine rings is 1. The average molecular weight is 190 g/mol. The molecule has 0 atom stereocenters. The summed E-state index contributed by atoms with van der Waals surface area (Å²) in [5.41, 5.74) is 0. The summed E-state index contributed by atoms with van der Waals surface area (Å²) in [6, 6.07) is 0. The van der Waals surface area contributed by atoms with Crippen LogP contribution < -0.4 is 5.32 Å². The standard InChI is InChI=1S/C6H10N2O3S/c1-2-12(10,11)8-4-3-7-6(9)5-8/h2H,1,3-5H2,(H,7,9). The second kappa shape index (κ2) is 3.24. The van der Waals surface area contributed by atoms with Gasteiger partial charge in [0.25, 0.3) is 0 Å². The van der Waals surface area contributed by atoms with Crippen molar-refractivity contribution in [1.82, 2.24) is 9.62 Å². The zero-order valence-corrected chi connectivity index (χ0v) is 7.30. The Morgan fingerprint density at radius 3 is 2.75 bits per heavy atom. The molecule has 0 aromatic rings. The van der Waals surface area contributed by atoms with Crippen LogP contribution in [0.1, 0.15) is 0 Å². The zero-order chi connectivity index (χ0) is 9.19. The molecule has 1 aliphatic heterocycles. The van der Waals surface area contributed by atoms with E-state index < -0.39 is 10.0 Å². The summed E-state index contributed by atoms with van der Waals surface area (Å²) in [7, 11) is -3.42. The predicted octanol–water partition coefficient (Wildman–Crippen LogP) is -1.11. The van der Waals surface area contributed by atoms with Crippen LogP contribution in [0.3, 0.4) is 0 Å². The highest BCUT2D eigenvalue weighted by molar-refractivity contribution is 7.92. The van der Waals surface area contributed by atoms with Gasteiger partial charge in [0.05, 0.1) is 6.54 Å².